The van der Waals surface area contributed by atoms with Gasteiger partial charge in [-0.05, 0) is 63.1 Å². The van der Waals surface area contributed by atoms with Crippen molar-refractivity contribution in [3.63, 3.8) is 0 Å². The van der Waals surface area contributed by atoms with Crippen molar-refractivity contribution in [3.05, 3.63) is 86.9 Å². The molecular formula is C29H31Cl3N2O5S. The van der Waals surface area contributed by atoms with E-state index < -0.39 is 10.1 Å². The van der Waals surface area contributed by atoms with Crippen LogP contribution in [0.15, 0.2) is 65.6 Å². The highest BCUT2D eigenvalue weighted by Gasteiger charge is 2.27. The van der Waals surface area contributed by atoms with Crippen LogP contribution in [0.3, 0.4) is 0 Å². The zero-order valence-electron chi connectivity index (χ0n) is 22.3. The summed E-state index contributed by atoms with van der Waals surface area (Å²) in [6.45, 7) is 6.48. The van der Waals surface area contributed by atoms with E-state index in [4.69, 9.17) is 43.7 Å². The lowest BCUT2D eigenvalue weighted by Gasteiger charge is -2.28. The predicted molar refractivity (Wildman–Crippen MR) is 159 cm³/mol. The standard InChI is InChI=1S/C29H31Cl3N2O5S/c1-3-33(4-2)21-12-11-20(28(16-21)39-40(36,37)23-13-14-26(31)27(32)17-23)18-34(19-22-8-7-15-38-22)29(35)24-9-5-6-10-25(24)30/h5-6,9-14,16-17,22H,3-4,7-8,15,18-19H2,1-2H3/t22-/m1/s1. The van der Waals surface area contributed by atoms with Gasteiger partial charge in [0, 0.05) is 50.1 Å². The number of amides is 1. The van der Waals surface area contributed by atoms with Gasteiger partial charge in [-0.25, -0.2) is 0 Å². The molecule has 1 aliphatic rings. The fourth-order valence-electron chi connectivity index (χ4n) is 4.60. The second-order valence-electron chi connectivity index (χ2n) is 9.38. The van der Waals surface area contributed by atoms with Gasteiger partial charge in [0.15, 0.2) is 0 Å². The van der Waals surface area contributed by atoms with E-state index in [1.807, 2.05) is 19.9 Å². The van der Waals surface area contributed by atoms with Crippen molar-refractivity contribution in [2.75, 3.05) is 31.1 Å². The van der Waals surface area contributed by atoms with Crippen molar-refractivity contribution >= 4 is 56.5 Å². The Labute approximate surface area is 250 Å². The maximum absolute atomic E-state index is 13.7. The van der Waals surface area contributed by atoms with Crippen molar-refractivity contribution in [2.45, 2.75) is 44.2 Å². The number of ether oxygens (including phenoxy) is 1. The number of anilines is 1. The molecule has 1 atom stereocenters. The fraction of sp³-hybridized carbons (Fsp3) is 0.345. The van der Waals surface area contributed by atoms with Crippen LogP contribution in [0, 0.1) is 0 Å². The van der Waals surface area contributed by atoms with Gasteiger partial charge in [0.05, 0.1) is 26.7 Å². The summed E-state index contributed by atoms with van der Waals surface area (Å²) in [6, 6.07) is 16.2. The molecule has 40 heavy (non-hydrogen) atoms. The zero-order valence-corrected chi connectivity index (χ0v) is 25.4. The van der Waals surface area contributed by atoms with Crippen molar-refractivity contribution in [1.82, 2.24) is 4.90 Å². The molecule has 1 saturated heterocycles. The number of hydrogen-bond acceptors (Lipinski definition) is 6. The average Bonchev–Trinajstić information content (AvgIpc) is 3.44. The van der Waals surface area contributed by atoms with Gasteiger partial charge in [-0.2, -0.15) is 8.42 Å². The summed E-state index contributed by atoms with van der Waals surface area (Å²) in [6.07, 6.45) is 1.60. The summed E-state index contributed by atoms with van der Waals surface area (Å²) in [5.74, 6) is -0.174. The minimum atomic E-state index is -4.28. The summed E-state index contributed by atoms with van der Waals surface area (Å²) < 4.78 is 38.2. The smallest absolute Gasteiger partial charge is 0.339 e. The third kappa shape index (κ3) is 7.22. The Bertz CT molecular complexity index is 1460. The monoisotopic (exact) mass is 624 g/mol. The molecule has 0 saturated carbocycles. The van der Waals surface area contributed by atoms with Gasteiger partial charge < -0.3 is 18.7 Å². The first-order chi connectivity index (χ1) is 19.1. The topological polar surface area (TPSA) is 76.2 Å². The minimum Gasteiger partial charge on any atom is -0.379 e. The van der Waals surface area contributed by atoms with Crippen LogP contribution < -0.4 is 9.08 Å². The molecule has 0 N–H and O–H groups in total. The maximum atomic E-state index is 13.7. The van der Waals surface area contributed by atoms with E-state index in [9.17, 15) is 13.2 Å². The SMILES string of the molecule is CCN(CC)c1ccc(CN(C[C@H]2CCCO2)C(=O)c2ccccc2Cl)c(OS(=O)(=O)c2ccc(Cl)c(Cl)c2)c1. The van der Waals surface area contributed by atoms with Crippen LogP contribution >= 0.6 is 34.8 Å². The second kappa shape index (κ2) is 13.4. The van der Waals surface area contributed by atoms with E-state index in [0.717, 1.165) is 18.5 Å². The van der Waals surface area contributed by atoms with Crippen LogP contribution in [0.4, 0.5) is 5.69 Å². The summed E-state index contributed by atoms with van der Waals surface area (Å²) in [5, 5.41) is 0.657. The van der Waals surface area contributed by atoms with Gasteiger partial charge in [0.2, 0.25) is 0 Å². The first-order valence-corrected chi connectivity index (χ1v) is 15.6. The van der Waals surface area contributed by atoms with Gasteiger partial charge in [-0.15, -0.1) is 0 Å². The number of hydrogen-bond donors (Lipinski definition) is 0. The van der Waals surface area contributed by atoms with Gasteiger partial charge in [-0.1, -0.05) is 53.0 Å². The Morgan fingerprint density at radius 2 is 1.73 bits per heavy atom. The highest BCUT2D eigenvalue weighted by Crippen LogP contribution is 2.32. The van der Waals surface area contributed by atoms with E-state index in [1.54, 1.807) is 41.3 Å². The Hall–Kier alpha value is -2.49. The molecule has 214 valence electrons. The largest absolute Gasteiger partial charge is 0.379 e. The molecule has 0 bridgehead atoms. The fourth-order valence-corrected chi connectivity index (χ4v) is 6.16. The summed E-state index contributed by atoms with van der Waals surface area (Å²) in [7, 11) is -4.28. The molecule has 7 nitrogen and oxygen atoms in total. The summed E-state index contributed by atoms with van der Waals surface area (Å²) in [5.41, 5.74) is 1.65. The predicted octanol–water partition coefficient (Wildman–Crippen LogP) is 7.08. The number of carbonyl (C=O) groups excluding carboxylic acids is 1. The van der Waals surface area contributed by atoms with Crippen LogP contribution in [-0.2, 0) is 21.4 Å². The van der Waals surface area contributed by atoms with Crippen molar-refractivity contribution in [1.29, 1.82) is 0 Å². The molecule has 1 amide bonds. The molecule has 1 heterocycles. The molecule has 1 aliphatic heterocycles. The molecule has 0 aliphatic carbocycles. The van der Waals surface area contributed by atoms with Crippen molar-refractivity contribution < 1.29 is 22.1 Å². The van der Waals surface area contributed by atoms with Crippen molar-refractivity contribution in [2.24, 2.45) is 0 Å². The number of halogens is 3. The molecule has 3 aromatic rings. The Kier molecular flexibility index (Phi) is 10.2. The van der Waals surface area contributed by atoms with Gasteiger partial charge in [0.25, 0.3) is 5.91 Å². The first kappa shape index (κ1) is 30.5. The zero-order chi connectivity index (χ0) is 28.9. The minimum absolute atomic E-state index is 0.0780. The van der Waals surface area contributed by atoms with Gasteiger partial charge >= 0.3 is 10.1 Å². The highest BCUT2D eigenvalue weighted by atomic mass is 35.5. The molecule has 4 rings (SSSR count). The van der Waals surface area contributed by atoms with Gasteiger partial charge in [0.1, 0.15) is 10.6 Å². The van der Waals surface area contributed by atoms with E-state index in [-0.39, 0.29) is 39.2 Å². The number of benzene rings is 3. The lowest BCUT2D eigenvalue weighted by molar-refractivity contribution is 0.0506. The lowest BCUT2D eigenvalue weighted by atomic mass is 10.1. The highest BCUT2D eigenvalue weighted by molar-refractivity contribution is 7.87. The molecule has 11 heteroatoms. The molecule has 0 unspecified atom stereocenters. The van der Waals surface area contributed by atoms with Crippen LogP contribution in [-0.4, -0.2) is 51.6 Å². The number of nitrogens with zero attached hydrogens (tertiary/aromatic N) is 2. The van der Waals surface area contributed by atoms with E-state index in [2.05, 4.69) is 4.90 Å². The molecular weight excluding hydrogens is 595 g/mol. The molecule has 0 spiro atoms. The quantitative estimate of drug-likeness (QED) is 0.212. The normalized spacial score (nSPS) is 15.2. The van der Waals surface area contributed by atoms with Gasteiger partial charge in [-0.3, -0.25) is 4.79 Å². The summed E-state index contributed by atoms with van der Waals surface area (Å²) in [4.78, 5) is 17.3. The molecule has 0 aromatic heterocycles. The Morgan fingerprint density at radius 1 is 0.975 bits per heavy atom. The molecule has 0 radical (unpaired) electrons. The maximum Gasteiger partial charge on any atom is 0.339 e. The second-order valence-corrected chi connectivity index (χ2v) is 12.1. The van der Waals surface area contributed by atoms with Crippen LogP contribution in [0.25, 0.3) is 0 Å². The van der Waals surface area contributed by atoms with E-state index in [0.29, 0.717) is 42.4 Å². The Balaban J connectivity index is 1.74. The van der Waals surface area contributed by atoms with E-state index >= 15 is 0 Å². The molecule has 1 fully saturated rings. The van der Waals surface area contributed by atoms with E-state index in [1.165, 1.54) is 18.2 Å². The van der Waals surface area contributed by atoms with Crippen LogP contribution in [0.1, 0.15) is 42.6 Å². The van der Waals surface area contributed by atoms with Crippen LogP contribution in [0.2, 0.25) is 15.1 Å². The lowest BCUT2D eigenvalue weighted by Crippen LogP contribution is -2.37. The average molecular weight is 626 g/mol. The Morgan fingerprint density at radius 3 is 2.38 bits per heavy atom. The van der Waals surface area contributed by atoms with Crippen LogP contribution in [0.5, 0.6) is 5.75 Å². The third-order valence-electron chi connectivity index (χ3n) is 6.76. The number of carbonyl (C=O) groups is 1. The molecule has 3 aromatic carbocycles. The third-order valence-corrected chi connectivity index (χ3v) is 9.06. The number of rotatable bonds is 11. The summed E-state index contributed by atoms with van der Waals surface area (Å²) >= 11 is 18.5. The first-order valence-electron chi connectivity index (χ1n) is 13.1. The van der Waals surface area contributed by atoms with Crippen molar-refractivity contribution in [3.8, 4) is 5.75 Å².